The normalized spacial score (nSPS) is 12.8. The zero-order valence-corrected chi connectivity index (χ0v) is 16.2. The molecule has 0 aromatic heterocycles. The van der Waals surface area contributed by atoms with E-state index < -0.39 is 0 Å². The Morgan fingerprint density at radius 1 is 1.24 bits per heavy atom. The van der Waals surface area contributed by atoms with E-state index >= 15 is 0 Å². The lowest BCUT2D eigenvalue weighted by atomic mass is 9.92. The van der Waals surface area contributed by atoms with Crippen molar-refractivity contribution in [1.29, 1.82) is 0 Å². The molecule has 1 unspecified atom stereocenters. The Morgan fingerprint density at radius 2 is 1.92 bits per heavy atom. The summed E-state index contributed by atoms with van der Waals surface area (Å²) in [5, 5.41) is 2.86. The summed E-state index contributed by atoms with van der Waals surface area (Å²) < 4.78 is 0. The molecule has 1 atom stereocenters. The first-order valence-electron chi connectivity index (χ1n) is 8.99. The minimum atomic E-state index is -0.300. The maximum atomic E-state index is 12.5. The Morgan fingerprint density at radius 3 is 2.48 bits per heavy atom. The molecular formula is C22H31NO2. The molecule has 3 heteroatoms. The molecule has 1 amide bonds. The van der Waals surface area contributed by atoms with Gasteiger partial charge in [-0.25, -0.2) is 0 Å². The number of allylic oxidation sites excluding steroid dienone is 2. The molecule has 3 nitrogen and oxygen atoms in total. The van der Waals surface area contributed by atoms with Crippen LogP contribution in [0.3, 0.4) is 0 Å². The largest absolute Gasteiger partial charge is 0.326 e. The molecule has 0 saturated carbocycles. The highest BCUT2D eigenvalue weighted by Gasteiger charge is 2.21. The van der Waals surface area contributed by atoms with Crippen LogP contribution in [-0.4, -0.2) is 11.7 Å². The standard InChI is InChI=1S/C22H31NO2/c1-7-19-9-8-10-20(14-19)16(4)12-17(5)23-22(25)21(11-15(2)3)13-18(6)24/h8-10,12,14-15,21H,5,7,11,13H2,1-4,6H3,(H,23,25)/b16-12+. The van der Waals surface area contributed by atoms with Gasteiger partial charge in [-0.2, -0.15) is 0 Å². The summed E-state index contributed by atoms with van der Waals surface area (Å²) in [5.74, 6) is -0.0291. The van der Waals surface area contributed by atoms with Crippen LogP contribution >= 0.6 is 0 Å². The third-order valence-corrected chi connectivity index (χ3v) is 4.13. The van der Waals surface area contributed by atoms with E-state index in [-0.39, 0.29) is 24.0 Å². The van der Waals surface area contributed by atoms with Crippen LogP contribution < -0.4 is 5.32 Å². The second kappa shape index (κ2) is 9.97. The van der Waals surface area contributed by atoms with Gasteiger partial charge in [0.2, 0.25) is 5.91 Å². The highest BCUT2D eigenvalue weighted by Crippen LogP contribution is 2.19. The summed E-state index contributed by atoms with van der Waals surface area (Å²) in [6.45, 7) is 13.7. The Labute approximate surface area is 152 Å². The van der Waals surface area contributed by atoms with Gasteiger partial charge in [0.25, 0.3) is 0 Å². The first kappa shape index (κ1) is 20.9. The van der Waals surface area contributed by atoms with Crippen molar-refractivity contribution in [2.24, 2.45) is 11.8 Å². The molecule has 0 aliphatic rings. The van der Waals surface area contributed by atoms with Crippen molar-refractivity contribution in [1.82, 2.24) is 5.32 Å². The molecule has 1 N–H and O–H groups in total. The minimum Gasteiger partial charge on any atom is -0.326 e. The van der Waals surface area contributed by atoms with Crippen molar-refractivity contribution in [3.63, 3.8) is 0 Å². The number of benzene rings is 1. The van der Waals surface area contributed by atoms with E-state index in [1.54, 1.807) is 0 Å². The van der Waals surface area contributed by atoms with Crippen LogP contribution in [0.1, 0.15) is 58.6 Å². The van der Waals surface area contributed by atoms with Gasteiger partial charge in [-0.3, -0.25) is 4.79 Å². The number of ketones is 1. The molecule has 0 fully saturated rings. The highest BCUT2D eigenvalue weighted by atomic mass is 16.2. The summed E-state index contributed by atoms with van der Waals surface area (Å²) in [7, 11) is 0. The minimum absolute atomic E-state index is 0.0366. The fraction of sp³-hybridized carbons (Fsp3) is 0.455. The van der Waals surface area contributed by atoms with Gasteiger partial charge < -0.3 is 10.1 Å². The molecule has 0 spiro atoms. The summed E-state index contributed by atoms with van der Waals surface area (Å²) in [4.78, 5) is 23.9. The van der Waals surface area contributed by atoms with Gasteiger partial charge in [-0.05, 0) is 55.4 Å². The molecule has 136 valence electrons. The predicted molar refractivity (Wildman–Crippen MR) is 105 cm³/mol. The first-order chi connectivity index (χ1) is 11.7. The second-order valence-electron chi connectivity index (χ2n) is 7.13. The number of hydrogen-bond acceptors (Lipinski definition) is 2. The number of amides is 1. The van der Waals surface area contributed by atoms with Gasteiger partial charge >= 0.3 is 0 Å². The average Bonchev–Trinajstić information content (AvgIpc) is 2.53. The van der Waals surface area contributed by atoms with Gasteiger partial charge in [0.1, 0.15) is 5.78 Å². The molecule has 0 heterocycles. The molecule has 0 aliphatic heterocycles. The van der Waals surface area contributed by atoms with Crippen LogP contribution in [0.15, 0.2) is 42.6 Å². The number of hydrogen-bond donors (Lipinski definition) is 1. The molecule has 0 saturated heterocycles. The van der Waals surface area contributed by atoms with Crippen molar-refractivity contribution in [3.8, 4) is 0 Å². The average molecular weight is 341 g/mol. The van der Waals surface area contributed by atoms with E-state index in [0.717, 1.165) is 17.6 Å². The quantitative estimate of drug-likeness (QED) is 0.648. The third-order valence-electron chi connectivity index (χ3n) is 4.13. The molecule has 1 aromatic rings. The summed E-state index contributed by atoms with van der Waals surface area (Å²) in [6, 6.07) is 8.35. The van der Waals surface area contributed by atoms with Crippen molar-refractivity contribution in [3.05, 3.63) is 53.7 Å². The monoisotopic (exact) mass is 341 g/mol. The Balaban J connectivity index is 2.81. The number of Topliss-reactive ketones (excluding diaryl/α,β-unsaturated/α-hetero) is 1. The Hall–Kier alpha value is -2.16. The van der Waals surface area contributed by atoms with Gasteiger partial charge in [0, 0.05) is 18.0 Å². The number of aryl methyl sites for hydroxylation is 1. The summed E-state index contributed by atoms with van der Waals surface area (Å²) in [5.41, 5.74) is 4.00. The Kier molecular flexibility index (Phi) is 8.33. The van der Waals surface area contributed by atoms with Crippen LogP contribution in [0, 0.1) is 11.8 Å². The lowest BCUT2D eigenvalue weighted by Crippen LogP contribution is -2.31. The third kappa shape index (κ3) is 7.51. The van der Waals surface area contributed by atoms with Gasteiger partial charge in [-0.1, -0.05) is 51.6 Å². The molecule has 0 aliphatic carbocycles. The predicted octanol–water partition coefficient (Wildman–Crippen LogP) is 4.92. The van der Waals surface area contributed by atoms with E-state index in [9.17, 15) is 9.59 Å². The topological polar surface area (TPSA) is 46.2 Å². The SMILES string of the molecule is C=C(/C=C(\C)c1cccc(CC)c1)NC(=O)C(CC(C)=O)CC(C)C. The van der Waals surface area contributed by atoms with E-state index in [4.69, 9.17) is 0 Å². The molecule has 25 heavy (non-hydrogen) atoms. The highest BCUT2D eigenvalue weighted by molar-refractivity contribution is 5.87. The maximum absolute atomic E-state index is 12.5. The van der Waals surface area contributed by atoms with Crippen molar-refractivity contribution in [2.75, 3.05) is 0 Å². The maximum Gasteiger partial charge on any atom is 0.227 e. The second-order valence-corrected chi connectivity index (χ2v) is 7.13. The van der Waals surface area contributed by atoms with Crippen LogP contribution in [0.5, 0.6) is 0 Å². The number of rotatable bonds is 9. The number of carbonyl (C=O) groups excluding carboxylic acids is 2. The molecule has 0 bridgehead atoms. The fourth-order valence-electron chi connectivity index (χ4n) is 2.88. The lowest BCUT2D eigenvalue weighted by Gasteiger charge is -2.18. The fourth-order valence-corrected chi connectivity index (χ4v) is 2.88. The molecule has 0 radical (unpaired) electrons. The molecule has 1 aromatic carbocycles. The molecule has 1 rings (SSSR count). The van der Waals surface area contributed by atoms with E-state index in [1.807, 2.05) is 19.1 Å². The molecular weight excluding hydrogens is 310 g/mol. The van der Waals surface area contributed by atoms with Crippen LogP contribution in [0.4, 0.5) is 0 Å². The smallest absolute Gasteiger partial charge is 0.227 e. The van der Waals surface area contributed by atoms with E-state index in [1.165, 1.54) is 12.5 Å². The summed E-state index contributed by atoms with van der Waals surface area (Å²) in [6.07, 6.45) is 3.84. The van der Waals surface area contributed by atoms with Gasteiger partial charge in [-0.15, -0.1) is 0 Å². The van der Waals surface area contributed by atoms with Crippen molar-refractivity contribution in [2.45, 2.75) is 53.9 Å². The van der Waals surface area contributed by atoms with Crippen LogP contribution in [0.25, 0.3) is 5.57 Å². The van der Waals surface area contributed by atoms with Crippen LogP contribution in [-0.2, 0) is 16.0 Å². The van der Waals surface area contributed by atoms with Crippen molar-refractivity contribution < 1.29 is 9.59 Å². The Bertz CT molecular complexity index is 656. The number of nitrogens with one attached hydrogen (secondary N) is 1. The number of carbonyl (C=O) groups is 2. The van der Waals surface area contributed by atoms with Crippen molar-refractivity contribution >= 4 is 17.3 Å². The zero-order valence-electron chi connectivity index (χ0n) is 16.2. The van der Waals surface area contributed by atoms with Gasteiger partial charge in [0.15, 0.2) is 0 Å². The van der Waals surface area contributed by atoms with E-state index in [0.29, 0.717) is 18.0 Å². The van der Waals surface area contributed by atoms with E-state index in [2.05, 4.69) is 50.9 Å². The first-order valence-corrected chi connectivity index (χ1v) is 8.99. The lowest BCUT2D eigenvalue weighted by molar-refractivity contribution is -0.128. The summed E-state index contributed by atoms with van der Waals surface area (Å²) >= 11 is 0. The zero-order chi connectivity index (χ0) is 19.0. The van der Waals surface area contributed by atoms with Crippen LogP contribution in [0.2, 0.25) is 0 Å². The van der Waals surface area contributed by atoms with Gasteiger partial charge in [0.05, 0.1) is 0 Å².